The van der Waals surface area contributed by atoms with Gasteiger partial charge in [0, 0.05) is 27.7 Å². The number of fused-ring (bicyclic) bond motifs is 16. The predicted octanol–water partition coefficient (Wildman–Crippen LogP) is 19.1. The minimum Gasteiger partial charge on any atom is -0.456 e. The summed E-state index contributed by atoms with van der Waals surface area (Å²) in [6.07, 6.45) is 0. The number of para-hydroxylation sites is 1. The van der Waals surface area contributed by atoms with Gasteiger partial charge in [-0.05, 0) is 137 Å². The molecule has 0 fully saturated rings. The van der Waals surface area contributed by atoms with E-state index in [0.29, 0.717) is 0 Å². The number of rotatable bonds is 7. The first-order valence-corrected chi connectivity index (χ1v) is 26.4. The molecule has 0 atom stereocenters. The SMILES string of the molecule is c1ccc(-c2ccccc2C2(c3ccccc3-c3ccccc3)c3ccccc3-c3ccc(N(c4ccc5oc6ccccc6c5c4)c4cccc5c4-c4ccccc4C54c5ccccc5-c5ccccc54)cc32)cc1. The molecule has 2 heteroatoms. The Morgan fingerprint density at radius 3 is 1.22 bits per heavy atom. The summed E-state index contributed by atoms with van der Waals surface area (Å²) >= 11 is 0. The molecule has 1 aromatic heterocycles. The van der Waals surface area contributed by atoms with Gasteiger partial charge in [-0.15, -0.1) is 0 Å². The Bertz CT molecular complexity index is 4360. The summed E-state index contributed by atoms with van der Waals surface area (Å²) < 4.78 is 6.55. The Morgan fingerprint density at radius 2 is 0.645 bits per heavy atom. The standard InChI is InChI=1S/C74H47NO/c1-3-22-48(23-4-1)52-26-7-14-33-61(52)74(62-34-15-8-27-53(62)49-24-5-2-6-25-49)65-37-18-11-30-56(65)57-44-42-51(47-68(57)74)75(50-43-45-71-60(46-50)58-31-13-20-41-70(58)76-71)69-40-21-39-67-72(69)59-32-12-19-38-66(59)73(67)63-35-16-9-28-54(63)55-29-10-17-36-64(55)73/h1-47H. The van der Waals surface area contributed by atoms with Gasteiger partial charge in [0.2, 0.25) is 0 Å². The molecule has 12 aromatic carbocycles. The van der Waals surface area contributed by atoms with Crippen molar-refractivity contribution in [2.75, 3.05) is 4.90 Å². The van der Waals surface area contributed by atoms with Gasteiger partial charge >= 0.3 is 0 Å². The van der Waals surface area contributed by atoms with Crippen molar-refractivity contribution in [3.63, 3.8) is 0 Å². The summed E-state index contributed by atoms with van der Waals surface area (Å²) in [5, 5.41) is 2.18. The van der Waals surface area contributed by atoms with E-state index < -0.39 is 10.8 Å². The van der Waals surface area contributed by atoms with E-state index in [9.17, 15) is 0 Å². The molecule has 3 aliphatic carbocycles. The highest BCUT2D eigenvalue weighted by molar-refractivity contribution is 6.08. The highest BCUT2D eigenvalue weighted by atomic mass is 16.3. The molecule has 1 heterocycles. The second-order valence-corrected chi connectivity index (χ2v) is 20.5. The van der Waals surface area contributed by atoms with Gasteiger partial charge in [-0.25, -0.2) is 0 Å². The lowest BCUT2D eigenvalue weighted by Crippen LogP contribution is -2.30. The highest BCUT2D eigenvalue weighted by Gasteiger charge is 2.53. The molecule has 0 unspecified atom stereocenters. The summed E-state index contributed by atoms with van der Waals surface area (Å²) in [4.78, 5) is 2.54. The second kappa shape index (κ2) is 16.4. The third-order valence-electron chi connectivity index (χ3n) is 17.0. The molecular weight excluding hydrogens is 919 g/mol. The summed E-state index contributed by atoms with van der Waals surface area (Å²) in [5.74, 6) is 0. The van der Waals surface area contributed by atoms with Crippen LogP contribution in [0.15, 0.2) is 290 Å². The van der Waals surface area contributed by atoms with Crippen LogP contribution in [0, 0.1) is 0 Å². The summed E-state index contributed by atoms with van der Waals surface area (Å²) in [6.45, 7) is 0. The van der Waals surface area contributed by atoms with Gasteiger partial charge in [0.05, 0.1) is 16.5 Å². The molecule has 2 nitrogen and oxygen atoms in total. The van der Waals surface area contributed by atoms with Crippen LogP contribution in [-0.2, 0) is 10.8 Å². The average molecular weight is 966 g/mol. The van der Waals surface area contributed by atoms with Crippen molar-refractivity contribution in [2.24, 2.45) is 0 Å². The quantitative estimate of drug-likeness (QED) is 0.158. The minimum atomic E-state index is -0.760. The van der Waals surface area contributed by atoms with Gasteiger partial charge < -0.3 is 9.32 Å². The monoisotopic (exact) mass is 965 g/mol. The van der Waals surface area contributed by atoms with E-state index in [-0.39, 0.29) is 0 Å². The van der Waals surface area contributed by atoms with Crippen molar-refractivity contribution in [1.82, 2.24) is 0 Å². The largest absolute Gasteiger partial charge is 0.456 e. The maximum atomic E-state index is 6.55. The molecular formula is C74H47NO. The Kier molecular flexibility index (Phi) is 9.20. The molecule has 0 saturated carbocycles. The van der Waals surface area contributed by atoms with Gasteiger partial charge in [-0.3, -0.25) is 0 Å². The number of nitrogens with zero attached hydrogens (tertiary/aromatic N) is 1. The molecule has 0 radical (unpaired) electrons. The summed E-state index contributed by atoms with van der Waals surface area (Å²) in [7, 11) is 0. The van der Waals surface area contributed by atoms with Crippen LogP contribution in [0.2, 0.25) is 0 Å². The van der Waals surface area contributed by atoms with Crippen LogP contribution in [0.4, 0.5) is 17.1 Å². The lowest BCUT2D eigenvalue weighted by molar-refractivity contribution is 0.669. The fraction of sp³-hybridized carbons (Fsp3) is 0.0270. The molecule has 13 aromatic rings. The Labute approximate surface area is 442 Å². The molecule has 0 aliphatic heterocycles. The van der Waals surface area contributed by atoms with Gasteiger partial charge in [0.15, 0.2) is 0 Å². The molecule has 0 N–H and O–H groups in total. The van der Waals surface area contributed by atoms with Crippen molar-refractivity contribution in [3.05, 3.63) is 330 Å². The fourth-order valence-electron chi connectivity index (χ4n) is 14.1. The predicted molar refractivity (Wildman–Crippen MR) is 313 cm³/mol. The van der Waals surface area contributed by atoms with E-state index in [1.807, 2.05) is 0 Å². The summed E-state index contributed by atoms with van der Waals surface area (Å²) in [5.41, 5.74) is 26.2. The van der Waals surface area contributed by atoms with Gasteiger partial charge in [0.25, 0.3) is 0 Å². The van der Waals surface area contributed by atoms with Crippen molar-refractivity contribution < 1.29 is 4.42 Å². The van der Waals surface area contributed by atoms with E-state index in [1.165, 1.54) is 100 Å². The van der Waals surface area contributed by atoms with Crippen molar-refractivity contribution in [1.29, 1.82) is 0 Å². The van der Waals surface area contributed by atoms with Crippen LogP contribution >= 0.6 is 0 Å². The maximum absolute atomic E-state index is 6.55. The van der Waals surface area contributed by atoms with Crippen LogP contribution in [0.1, 0.15) is 44.5 Å². The zero-order chi connectivity index (χ0) is 50.0. The Balaban J connectivity index is 1.03. The van der Waals surface area contributed by atoms with E-state index in [4.69, 9.17) is 4.42 Å². The molecule has 1 spiro atoms. The van der Waals surface area contributed by atoms with Gasteiger partial charge in [-0.1, -0.05) is 243 Å². The Hall–Kier alpha value is -9.76. The zero-order valence-corrected chi connectivity index (χ0v) is 41.5. The maximum Gasteiger partial charge on any atom is 0.135 e. The highest BCUT2D eigenvalue weighted by Crippen LogP contribution is 2.66. The first-order chi connectivity index (χ1) is 37.7. The first kappa shape index (κ1) is 42.7. The van der Waals surface area contributed by atoms with E-state index in [2.05, 4.69) is 290 Å². The summed E-state index contributed by atoms with van der Waals surface area (Å²) in [6, 6.07) is 106. The minimum absolute atomic E-state index is 0.511. The van der Waals surface area contributed by atoms with Crippen molar-refractivity contribution >= 4 is 39.0 Å². The van der Waals surface area contributed by atoms with Gasteiger partial charge in [0.1, 0.15) is 11.2 Å². The second-order valence-electron chi connectivity index (χ2n) is 20.5. The number of furan rings is 1. The lowest BCUT2D eigenvalue weighted by Gasteiger charge is -2.38. The number of hydrogen-bond acceptors (Lipinski definition) is 2. The molecule has 3 aliphatic rings. The number of benzene rings is 12. The van der Waals surface area contributed by atoms with E-state index in [1.54, 1.807) is 0 Å². The van der Waals surface area contributed by atoms with Crippen LogP contribution < -0.4 is 4.90 Å². The molecule has 354 valence electrons. The molecule has 0 saturated heterocycles. The Morgan fingerprint density at radius 1 is 0.250 bits per heavy atom. The molecule has 16 rings (SSSR count). The average Bonchev–Trinajstić information content (AvgIpc) is 4.38. The van der Waals surface area contributed by atoms with Crippen LogP contribution in [0.3, 0.4) is 0 Å². The zero-order valence-electron chi connectivity index (χ0n) is 41.5. The lowest BCUT2D eigenvalue weighted by atomic mass is 9.64. The number of anilines is 3. The van der Waals surface area contributed by atoms with Gasteiger partial charge in [-0.2, -0.15) is 0 Å². The van der Waals surface area contributed by atoms with E-state index in [0.717, 1.165) is 39.0 Å². The van der Waals surface area contributed by atoms with E-state index >= 15 is 0 Å². The van der Waals surface area contributed by atoms with Crippen molar-refractivity contribution in [2.45, 2.75) is 10.8 Å². The van der Waals surface area contributed by atoms with Crippen molar-refractivity contribution in [3.8, 4) is 55.6 Å². The first-order valence-electron chi connectivity index (χ1n) is 26.4. The van der Waals surface area contributed by atoms with Crippen LogP contribution in [0.25, 0.3) is 77.6 Å². The van der Waals surface area contributed by atoms with Crippen LogP contribution in [-0.4, -0.2) is 0 Å². The smallest absolute Gasteiger partial charge is 0.135 e. The topological polar surface area (TPSA) is 16.4 Å². The third-order valence-corrected chi connectivity index (χ3v) is 17.0. The third kappa shape index (κ3) is 5.76. The molecule has 0 amide bonds. The molecule has 0 bridgehead atoms. The normalized spacial score (nSPS) is 13.7. The van der Waals surface area contributed by atoms with Crippen LogP contribution in [0.5, 0.6) is 0 Å². The fourth-order valence-corrected chi connectivity index (χ4v) is 14.1. The molecule has 76 heavy (non-hydrogen) atoms. The number of hydrogen-bond donors (Lipinski definition) is 0.